The second-order valence-corrected chi connectivity index (χ2v) is 4.45. The summed E-state index contributed by atoms with van der Waals surface area (Å²) in [4.78, 5) is 25.8. The molecule has 1 rings (SSSR count). The fourth-order valence-corrected chi connectivity index (χ4v) is 1.65. The number of nitrogens with zero attached hydrogens (tertiary/aromatic N) is 2. The highest BCUT2D eigenvalue weighted by Crippen LogP contribution is 2.08. The highest BCUT2D eigenvalue weighted by atomic mass is 16.2. The molecule has 0 saturated carbocycles. The van der Waals surface area contributed by atoms with Crippen LogP contribution in [0.1, 0.15) is 26.7 Å². The standard InChI is InChI=1S/C11H20N2O2/c1-10(2)3-4-11(15)13-7-5-12(9-14)6-8-13/h9-10H,3-8H2,1-2H3. The summed E-state index contributed by atoms with van der Waals surface area (Å²) in [5.74, 6) is 0.805. The van der Waals surface area contributed by atoms with Gasteiger partial charge in [-0.25, -0.2) is 0 Å². The summed E-state index contributed by atoms with van der Waals surface area (Å²) in [6, 6.07) is 0. The van der Waals surface area contributed by atoms with Crippen LogP contribution >= 0.6 is 0 Å². The number of carbonyl (C=O) groups is 2. The summed E-state index contributed by atoms with van der Waals surface area (Å²) in [5.41, 5.74) is 0. The van der Waals surface area contributed by atoms with Crippen LogP contribution < -0.4 is 0 Å². The fourth-order valence-electron chi connectivity index (χ4n) is 1.65. The van der Waals surface area contributed by atoms with Gasteiger partial charge in [-0.2, -0.15) is 0 Å². The molecule has 1 aliphatic heterocycles. The van der Waals surface area contributed by atoms with Crippen LogP contribution in [0.4, 0.5) is 0 Å². The van der Waals surface area contributed by atoms with Gasteiger partial charge in [0.15, 0.2) is 0 Å². The SMILES string of the molecule is CC(C)CCC(=O)N1CCN(C=O)CC1. The molecule has 2 amide bonds. The van der Waals surface area contributed by atoms with Crippen LogP contribution in [0.25, 0.3) is 0 Å². The molecule has 0 atom stereocenters. The molecule has 0 aromatic heterocycles. The molecule has 0 aromatic carbocycles. The van der Waals surface area contributed by atoms with E-state index in [4.69, 9.17) is 0 Å². The van der Waals surface area contributed by atoms with Crippen molar-refractivity contribution >= 4 is 12.3 Å². The number of hydrogen-bond acceptors (Lipinski definition) is 2. The Balaban J connectivity index is 2.27. The molecule has 0 bridgehead atoms. The summed E-state index contributed by atoms with van der Waals surface area (Å²) in [6.45, 7) is 6.98. The van der Waals surface area contributed by atoms with E-state index in [0.717, 1.165) is 12.8 Å². The maximum absolute atomic E-state index is 11.7. The topological polar surface area (TPSA) is 40.6 Å². The van der Waals surface area contributed by atoms with Gasteiger partial charge < -0.3 is 9.80 Å². The first-order valence-corrected chi connectivity index (χ1v) is 5.60. The van der Waals surface area contributed by atoms with Gasteiger partial charge in [-0.05, 0) is 12.3 Å². The summed E-state index contributed by atoms with van der Waals surface area (Å²) in [6.07, 6.45) is 2.45. The van der Waals surface area contributed by atoms with Crippen molar-refractivity contribution in [2.45, 2.75) is 26.7 Å². The van der Waals surface area contributed by atoms with Crippen LogP contribution in [0, 0.1) is 5.92 Å². The maximum atomic E-state index is 11.7. The Hall–Kier alpha value is -1.06. The summed E-state index contributed by atoms with van der Waals surface area (Å²) in [7, 11) is 0. The Labute approximate surface area is 91.2 Å². The first-order valence-electron chi connectivity index (χ1n) is 5.60. The van der Waals surface area contributed by atoms with Crippen molar-refractivity contribution in [1.29, 1.82) is 0 Å². The predicted octanol–water partition coefficient (Wildman–Crippen LogP) is 0.723. The highest BCUT2D eigenvalue weighted by Gasteiger charge is 2.19. The first-order chi connectivity index (χ1) is 7.13. The third kappa shape index (κ3) is 3.90. The summed E-state index contributed by atoms with van der Waals surface area (Å²) >= 11 is 0. The minimum atomic E-state index is 0.231. The monoisotopic (exact) mass is 212 g/mol. The van der Waals surface area contributed by atoms with E-state index < -0.39 is 0 Å². The molecule has 0 N–H and O–H groups in total. The van der Waals surface area contributed by atoms with E-state index >= 15 is 0 Å². The second kappa shape index (κ2) is 5.73. The van der Waals surface area contributed by atoms with Gasteiger partial charge in [0.25, 0.3) is 0 Å². The Morgan fingerprint density at radius 3 is 2.33 bits per heavy atom. The zero-order chi connectivity index (χ0) is 11.3. The average Bonchev–Trinajstić information content (AvgIpc) is 2.26. The first kappa shape index (κ1) is 12.0. The number of rotatable bonds is 4. The van der Waals surface area contributed by atoms with Gasteiger partial charge in [0.2, 0.25) is 12.3 Å². The van der Waals surface area contributed by atoms with E-state index in [1.165, 1.54) is 0 Å². The Morgan fingerprint density at radius 2 is 1.87 bits per heavy atom. The van der Waals surface area contributed by atoms with Crippen LogP contribution in [0.3, 0.4) is 0 Å². The molecular formula is C11H20N2O2. The molecule has 1 fully saturated rings. The molecule has 0 spiro atoms. The van der Waals surface area contributed by atoms with Crippen molar-refractivity contribution in [2.75, 3.05) is 26.2 Å². The molecule has 0 radical (unpaired) electrons. The van der Waals surface area contributed by atoms with Crippen LogP contribution in [0.2, 0.25) is 0 Å². The van der Waals surface area contributed by atoms with Gasteiger partial charge in [0, 0.05) is 32.6 Å². The lowest BCUT2D eigenvalue weighted by Crippen LogP contribution is -2.48. The van der Waals surface area contributed by atoms with E-state index in [0.29, 0.717) is 38.5 Å². The quantitative estimate of drug-likeness (QED) is 0.644. The zero-order valence-electron chi connectivity index (χ0n) is 9.61. The van der Waals surface area contributed by atoms with Crippen LogP contribution in [-0.4, -0.2) is 48.3 Å². The Kier molecular flexibility index (Phi) is 4.59. The zero-order valence-corrected chi connectivity index (χ0v) is 9.61. The third-order valence-corrected chi connectivity index (χ3v) is 2.75. The van der Waals surface area contributed by atoms with Gasteiger partial charge in [-0.3, -0.25) is 9.59 Å². The van der Waals surface area contributed by atoms with E-state index in [-0.39, 0.29) is 5.91 Å². The molecule has 1 aliphatic rings. The minimum absolute atomic E-state index is 0.231. The van der Waals surface area contributed by atoms with Crippen molar-refractivity contribution in [3.05, 3.63) is 0 Å². The second-order valence-electron chi connectivity index (χ2n) is 4.45. The molecule has 0 aliphatic carbocycles. The maximum Gasteiger partial charge on any atom is 0.222 e. The molecule has 0 unspecified atom stereocenters. The van der Waals surface area contributed by atoms with Crippen molar-refractivity contribution in [1.82, 2.24) is 9.80 Å². The van der Waals surface area contributed by atoms with Crippen LogP contribution in [0.15, 0.2) is 0 Å². The van der Waals surface area contributed by atoms with Gasteiger partial charge in [-0.15, -0.1) is 0 Å². The third-order valence-electron chi connectivity index (χ3n) is 2.75. The van der Waals surface area contributed by atoms with Gasteiger partial charge in [-0.1, -0.05) is 13.8 Å². The van der Waals surface area contributed by atoms with Gasteiger partial charge >= 0.3 is 0 Å². The predicted molar refractivity (Wildman–Crippen MR) is 58.3 cm³/mol. The molecule has 1 heterocycles. The van der Waals surface area contributed by atoms with E-state index in [1.54, 1.807) is 4.90 Å². The molecule has 86 valence electrons. The lowest BCUT2D eigenvalue weighted by atomic mass is 10.1. The van der Waals surface area contributed by atoms with Crippen LogP contribution in [0.5, 0.6) is 0 Å². The van der Waals surface area contributed by atoms with E-state index in [2.05, 4.69) is 13.8 Å². The summed E-state index contributed by atoms with van der Waals surface area (Å²) < 4.78 is 0. The normalized spacial score (nSPS) is 17.0. The lowest BCUT2D eigenvalue weighted by Gasteiger charge is -2.32. The molecule has 4 nitrogen and oxygen atoms in total. The van der Waals surface area contributed by atoms with Crippen molar-refractivity contribution in [3.63, 3.8) is 0 Å². The number of carbonyl (C=O) groups excluding carboxylic acids is 2. The number of hydrogen-bond donors (Lipinski definition) is 0. The molecule has 4 heteroatoms. The summed E-state index contributed by atoms with van der Waals surface area (Å²) in [5, 5.41) is 0. The smallest absolute Gasteiger partial charge is 0.222 e. The van der Waals surface area contributed by atoms with Crippen molar-refractivity contribution < 1.29 is 9.59 Å². The fraction of sp³-hybridized carbons (Fsp3) is 0.818. The van der Waals surface area contributed by atoms with Crippen molar-refractivity contribution in [3.8, 4) is 0 Å². The average molecular weight is 212 g/mol. The van der Waals surface area contributed by atoms with Gasteiger partial charge in [0.1, 0.15) is 0 Å². The molecule has 1 saturated heterocycles. The molecular weight excluding hydrogens is 192 g/mol. The van der Waals surface area contributed by atoms with Crippen LogP contribution in [-0.2, 0) is 9.59 Å². The molecule has 0 aromatic rings. The van der Waals surface area contributed by atoms with E-state index in [1.807, 2.05) is 4.90 Å². The number of amides is 2. The van der Waals surface area contributed by atoms with Crippen molar-refractivity contribution in [2.24, 2.45) is 5.92 Å². The van der Waals surface area contributed by atoms with E-state index in [9.17, 15) is 9.59 Å². The number of piperazine rings is 1. The minimum Gasteiger partial charge on any atom is -0.342 e. The molecule has 15 heavy (non-hydrogen) atoms. The lowest BCUT2D eigenvalue weighted by molar-refractivity contribution is -0.135. The highest BCUT2D eigenvalue weighted by molar-refractivity contribution is 5.76. The van der Waals surface area contributed by atoms with Gasteiger partial charge in [0.05, 0.1) is 0 Å². The Morgan fingerprint density at radius 1 is 1.27 bits per heavy atom. The largest absolute Gasteiger partial charge is 0.342 e. The Bertz CT molecular complexity index is 221.